The molecule has 4 nitrogen and oxygen atoms in total. The summed E-state index contributed by atoms with van der Waals surface area (Å²) < 4.78 is 29.8. The van der Waals surface area contributed by atoms with Crippen LogP contribution in [0.5, 0.6) is 17.2 Å². The highest BCUT2D eigenvalue weighted by molar-refractivity contribution is 5.64. The van der Waals surface area contributed by atoms with Gasteiger partial charge in [-0.05, 0) is 36.8 Å². The SMILES string of the molecule is COc1cc(C(C)Nc2cccc3c2OCCO3)ccc1F. The maximum Gasteiger partial charge on any atom is 0.184 e. The molecule has 1 aliphatic rings. The summed E-state index contributed by atoms with van der Waals surface area (Å²) in [5.74, 6) is 1.32. The third kappa shape index (κ3) is 2.79. The van der Waals surface area contributed by atoms with Crippen molar-refractivity contribution in [2.75, 3.05) is 25.6 Å². The number of hydrogen-bond acceptors (Lipinski definition) is 4. The number of ether oxygens (including phenoxy) is 3. The largest absolute Gasteiger partial charge is 0.494 e. The minimum Gasteiger partial charge on any atom is -0.494 e. The van der Waals surface area contributed by atoms with Gasteiger partial charge in [0.15, 0.2) is 23.1 Å². The van der Waals surface area contributed by atoms with Crippen LogP contribution in [0.15, 0.2) is 36.4 Å². The highest BCUT2D eigenvalue weighted by atomic mass is 19.1. The molecule has 1 N–H and O–H groups in total. The highest BCUT2D eigenvalue weighted by Gasteiger charge is 2.17. The van der Waals surface area contributed by atoms with Gasteiger partial charge in [-0.15, -0.1) is 0 Å². The van der Waals surface area contributed by atoms with Crippen molar-refractivity contribution in [3.05, 3.63) is 47.8 Å². The van der Waals surface area contributed by atoms with E-state index in [1.807, 2.05) is 25.1 Å². The lowest BCUT2D eigenvalue weighted by atomic mass is 10.1. The Kier molecular flexibility index (Phi) is 4.04. The second-order valence-corrected chi connectivity index (χ2v) is 5.09. The second-order valence-electron chi connectivity index (χ2n) is 5.09. The molecule has 0 bridgehead atoms. The highest BCUT2D eigenvalue weighted by Crippen LogP contribution is 2.39. The van der Waals surface area contributed by atoms with Crippen molar-refractivity contribution < 1.29 is 18.6 Å². The third-order valence-electron chi connectivity index (χ3n) is 3.61. The van der Waals surface area contributed by atoms with Gasteiger partial charge in [-0.3, -0.25) is 0 Å². The number of rotatable bonds is 4. The molecule has 0 fully saturated rings. The van der Waals surface area contributed by atoms with E-state index in [0.717, 1.165) is 22.7 Å². The molecule has 1 unspecified atom stereocenters. The molecule has 1 heterocycles. The number of methoxy groups -OCH3 is 1. The molecule has 0 aromatic heterocycles. The van der Waals surface area contributed by atoms with Crippen LogP contribution in [-0.4, -0.2) is 20.3 Å². The van der Waals surface area contributed by atoms with E-state index in [-0.39, 0.29) is 17.6 Å². The fraction of sp³-hybridized carbons (Fsp3) is 0.294. The maximum absolute atomic E-state index is 13.5. The lowest BCUT2D eigenvalue weighted by Crippen LogP contribution is -2.17. The van der Waals surface area contributed by atoms with Crippen molar-refractivity contribution >= 4 is 5.69 Å². The van der Waals surface area contributed by atoms with E-state index in [1.54, 1.807) is 12.1 Å². The first-order valence-corrected chi connectivity index (χ1v) is 7.17. The molecule has 5 heteroatoms. The van der Waals surface area contributed by atoms with Crippen molar-refractivity contribution in [2.24, 2.45) is 0 Å². The van der Waals surface area contributed by atoms with Crippen LogP contribution in [-0.2, 0) is 0 Å². The molecule has 2 aromatic carbocycles. The van der Waals surface area contributed by atoms with E-state index < -0.39 is 0 Å². The standard InChI is InChI=1S/C17H18FNO3/c1-11(12-6-7-13(18)16(10-12)20-2)19-14-4-3-5-15-17(14)22-9-8-21-15/h3-7,10-11,19H,8-9H2,1-2H3. The van der Waals surface area contributed by atoms with E-state index >= 15 is 0 Å². The van der Waals surface area contributed by atoms with Crippen molar-refractivity contribution in [1.29, 1.82) is 0 Å². The smallest absolute Gasteiger partial charge is 0.184 e. The van der Waals surface area contributed by atoms with Gasteiger partial charge >= 0.3 is 0 Å². The minimum atomic E-state index is -0.368. The van der Waals surface area contributed by atoms with E-state index in [4.69, 9.17) is 14.2 Å². The number of nitrogens with one attached hydrogen (secondary N) is 1. The zero-order valence-corrected chi connectivity index (χ0v) is 12.6. The normalized spacial score (nSPS) is 14.3. The summed E-state index contributed by atoms with van der Waals surface area (Å²) in [6.45, 7) is 3.08. The van der Waals surface area contributed by atoms with Crippen LogP contribution < -0.4 is 19.5 Å². The molecule has 1 aliphatic heterocycles. The molecule has 1 atom stereocenters. The van der Waals surface area contributed by atoms with Gasteiger partial charge in [0.1, 0.15) is 13.2 Å². The van der Waals surface area contributed by atoms with E-state index in [2.05, 4.69) is 5.32 Å². The zero-order valence-electron chi connectivity index (χ0n) is 12.6. The van der Waals surface area contributed by atoms with Gasteiger partial charge in [-0.1, -0.05) is 12.1 Å². The van der Waals surface area contributed by atoms with Gasteiger partial charge in [0, 0.05) is 6.04 Å². The van der Waals surface area contributed by atoms with Gasteiger partial charge in [-0.2, -0.15) is 0 Å². The van der Waals surface area contributed by atoms with Crippen molar-refractivity contribution in [3.8, 4) is 17.2 Å². The van der Waals surface area contributed by atoms with Crippen LogP contribution in [0.2, 0.25) is 0 Å². The molecule has 2 aromatic rings. The summed E-state index contributed by atoms with van der Waals surface area (Å²) in [4.78, 5) is 0. The number of anilines is 1. The number of halogens is 1. The van der Waals surface area contributed by atoms with Crippen LogP contribution in [0, 0.1) is 5.82 Å². The predicted octanol–water partition coefficient (Wildman–Crippen LogP) is 3.78. The first kappa shape index (κ1) is 14.5. The number of hydrogen-bond donors (Lipinski definition) is 1. The summed E-state index contributed by atoms with van der Waals surface area (Å²) in [6, 6.07) is 10.5. The monoisotopic (exact) mass is 303 g/mol. The summed E-state index contributed by atoms with van der Waals surface area (Å²) in [7, 11) is 1.46. The average molecular weight is 303 g/mol. The Morgan fingerprint density at radius 2 is 2.00 bits per heavy atom. The van der Waals surface area contributed by atoms with Gasteiger partial charge in [-0.25, -0.2) is 4.39 Å². The summed E-state index contributed by atoms with van der Waals surface area (Å²) in [6.07, 6.45) is 0. The van der Waals surface area contributed by atoms with Crippen LogP contribution in [0.3, 0.4) is 0 Å². The predicted molar refractivity (Wildman–Crippen MR) is 82.4 cm³/mol. The Bertz CT molecular complexity index is 675. The molecule has 116 valence electrons. The lowest BCUT2D eigenvalue weighted by molar-refractivity contribution is 0.172. The molecule has 0 aliphatic carbocycles. The summed E-state index contributed by atoms with van der Waals surface area (Å²) in [5.41, 5.74) is 1.78. The quantitative estimate of drug-likeness (QED) is 0.933. The van der Waals surface area contributed by atoms with Gasteiger partial charge in [0.2, 0.25) is 0 Å². The topological polar surface area (TPSA) is 39.7 Å². The van der Waals surface area contributed by atoms with Crippen LogP contribution in [0.25, 0.3) is 0 Å². The van der Waals surface area contributed by atoms with Gasteiger partial charge in [0.05, 0.1) is 12.8 Å². The first-order chi connectivity index (χ1) is 10.7. The Balaban J connectivity index is 1.84. The van der Waals surface area contributed by atoms with Crippen LogP contribution in [0.1, 0.15) is 18.5 Å². The molecule has 0 radical (unpaired) electrons. The second kappa shape index (κ2) is 6.13. The van der Waals surface area contributed by atoms with Gasteiger partial charge < -0.3 is 19.5 Å². The van der Waals surface area contributed by atoms with Crippen molar-refractivity contribution in [3.63, 3.8) is 0 Å². The maximum atomic E-state index is 13.5. The van der Waals surface area contributed by atoms with E-state index in [0.29, 0.717) is 13.2 Å². The number of para-hydroxylation sites is 1. The zero-order chi connectivity index (χ0) is 15.5. The van der Waals surface area contributed by atoms with Crippen molar-refractivity contribution in [2.45, 2.75) is 13.0 Å². The number of benzene rings is 2. The molecular weight excluding hydrogens is 285 g/mol. The van der Waals surface area contributed by atoms with Crippen LogP contribution >= 0.6 is 0 Å². The molecule has 0 saturated carbocycles. The minimum absolute atomic E-state index is 0.0356. The van der Waals surface area contributed by atoms with Crippen LogP contribution in [0.4, 0.5) is 10.1 Å². The fourth-order valence-electron chi connectivity index (χ4n) is 2.45. The molecule has 3 rings (SSSR count). The van der Waals surface area contributed by atoms with E-state index in [9.17, 15) is 4.39 Å². The molecule has 0 amide bonds. The molecule has 0 saturated heterocycles. The Morgan fingerprint density at radius 3 is 2.82 bits per heavy atom. The van der Waals surface area contributed by atoms with Crippen molar-refractivity contribution in [1.82, 2.24) is 0 Å². The Labute approximate surface area is 128 Å². The average Bonchev–Trinajstić information content (AvgIpc) is 2.55. The van der Waals surface area contributed by atoms with Gasteiger partial charge in [0.25, 0.3) is 0 Å². The summed E-state index contributed by atoms with van der Waals surface area (Å²) in [5, 5.41) is 3.37. The first-order valence-electron chi connectivity index (χ1n) is 7.17. The Morgan fingerprint density at radius 1 is 1.18 bits per heavy atom. The number of fused-ring (bicyclic) bond motifs is 1. The van der Waals surface area contributed by atoms with E-state index in [1.165, 1.54) is 13.2 Å². The molecule has 0 spiro atoms. The third-order valence-corrected chi connectivity index (χ3v) is 3.61. The molecular formula is C17H18FNO3. The Hall–Kier alpha value is -2.43. The summed E-state index contributed by atoms with van der Waals surface area (Å²) >= 11 is 0. The molecule has 22 heavy (non-hydrogen) atoms. The fourth-order valence-corrected chi connectivity index (χ4v) is 2.45. The lowest BCUT2D eigenvalue weighted by Gasteiger charge is -2.24.